The molecule has 2 aromatic rings. The monoisotopic (exact) mass is 358 g/mol. The molecule has 22 heavy (non-hydrogen) atoms. The second kappa shape index (κ2) is 6.32. The molecule has 0 aliphatic carbocycles. The standard InChI is InChI=1S/C17H15BrN2O2/c18-13-8-9-15(20-10-4-7-16(20)21)14(11-13)17(19-22)12-5-2-1-3-6-12/h1-3,5-6,8-9,11,22H,4,7,10H2/b19-17+. The van der Waals surface area contributed by atoms with Gasteiger partial charge in [0.25, 0.3) is 0 Å². The molecule has 0 saturated carbocycles. The Morgan fingerprint density at radius 2 is 1.95 bits per heavy atom. The molecule has 0 aromatic heterocycles. The summed E-state index contributed by atoms with van der Waals surface area (Å²) in [6, 6.07) is 15.1. The largest absolute Gasteiger partial charge is 0.410 e. The second-order valence-electron chi connectivity index (χ2n) is 5.13. The van der Waals surface area contributed by atoms with Crippen LogP contribution in [0.4, 0.5) is 5.69 Å². The molecule has 0 radical (unpaired) electrons. The summed E-state index contributed by atoms with van der Waals surface area (Å²) in [5.41, 5.74) is 2.77. The first kappa shape index (κ1) is 14.8. The Bertz CT molecular complexity index is 729. The highest BCUT2D eigenvalue weighted by atomic mass is 79.9. The predicted octanol–water partition coefficient (Wildman–Crippen LogP) is 3.80. The van der Waals surface area contributed by atoms with Crippen molar-refractivity contribution >= 4 is 33.2 Å². The summed E-state index contributed by atoms with van der Waals surface area (Å²) in [7, 11) is 0. The van der Waals surface area contributed by atoms with Crippen molar-refractivity contribution in [3.8, 4) is 0 Å². The third kappa shape index (κ3) is 2.76. The average Bonchev–Trinajstić information content (AvgIpc) is 2.95. The van der Waals surface area contributed by atoms with Gasteiger partial charge in [-0.1, -0.05) is 51.4 Å². The Morgan fingerprint density at radius 3 is 2.59 bits per heavy atom. The maximum atomic E-state index is 12.1. The fourth-order valence-electron chi connectivity index (χ4n) is 2.70. The fourth-order valence-corrected chi connectivity index (χ4v) is 3.06. The Kier molecular flexibility index (Phi) is 4.24. The number of anilines is 1. The van der Waals surface area contributed by atoms with Gasteiger partial charge in [0.05, 0.1) is 5.69 Å². The van der Waals surface area contributed by atoms with E-state index in [1.54, 1.807) is 4.90 Å². The van der Waals surface area contributed by atoms with Crippen molar-refractivity contribution in [1.29, 1.82) is 0 Å². The molecule has 5 heteroatoms. The minimum absolute atomic E-state index is 0.105. The summed E-state index contributed by atoms with van der Waals surface area (Å²) >= 11 is 3.45. The Morgan fingerprint density at radius 1 is 1.18 bits per heavy atom. The summed E-state index contributed by atoms with van der Waals surface area (Å²) in [6.45, 7) is 0.695. The minimum Gasteiger partial charge on any atom is -0.410 e. The van der Waals surface area contributed by atoms with Crippen molar-refractivity contribution in [2.75, 3.05) is 11.4 Å². The van der Waals surface area contributed by atoms with Gasteiger partial charge in [-0.15, -0.1) is 0 Å². The number of hydrogen-bond acceptors (Lipinski definition) is 3. The minimum atomic E-state index is 0.105. The van der Waals surface area contributed by atoms with Crippen LogP contribution in [0, 0.1) is 0 Å². The molecule has 2 aromatic carbocycles. The van der Waals surface area contributed by atoms with E-state index in [1.807, 2.05) is 48.5 Å². The average molecular weight is 359 g/mol. The molecule has 1 N–H and O–H groups in total. The van der Waals surface area contributed by atoms with E-state index < -0.39 is 0 Å². The third-order valence-electron chi connectivity index (χ3n) is 3.73. The van der Waals surface area contributed by atoms with Gasteiger partial charge in [0.1, 0.15) is 5.71 Å². The quantitative estimate of drug-likeness (QED) is 0.515. The van der Waals surface area contributed by atoms with Crippen LogP contribution in [0.1, 0.15) is 24.0 Å². The number of oxime groups is 1. The number of nitrogens with zero attached hydrogens (tertiary/aromatic N) is 2. The van der Waals surface area contributed by atoms with Crippen molar-refractivity contribution in [2.24, 2.45) is 5.16 Å². The number of carbonyl (C=O) groups is 1. The van der Waals surface area contributed by atoms with Crippen molar-refractivity contribution in [3.05, 3.63) is 64.1 Å². The van der Waals surface area contributed by atoms with Gasteiger partial charge in [0.2, 0.25) is 5.91 Å². The normalized spacial score (nSPS) is 15.4. The molecule has 1 saturated heterocycles. The fraction of sp³-hybridized carbons (Fsp3) is 0.176. The molecule has 0 bridgehead atoms. The topological polar surface area (TPSA) is 52.9 Å². The van der Waals surface area contributed by atoms with Crippen LogP contribution < -0.4 is 4.90 Å². The number of hydrogen-bond donors (Lipinski definition) is 1. The van der Waals surface area contributed by atoms with Crippen molar-refractivity contribution in [1.82, 2.24) is 0 Å². The first-order valence-corrected chi connectivity index (χ1v) is 7.88. The predicted molar refractivity (Wildman–Crippen MR) is 89.6 cm³/mol. The van der Waals surface area contributed by atoms with Gasteiger partial charge in [-0.25, -0.2) is 0 Å². The van der Waals surface area contributed by atoms with Crippen LogP contribution in [0.3, 0.4) is 0 Å². The molecular formula is C17H15BrN2O2. The molecule has 1 aliphatic rings. The van der Waals surface area contributed by atoms with E-state index in [0.717, 1.165) is 27.7 Å². The molecule has 1 heterocycles. The van der Waals surface area contributed by atoms with E-state index in [2.05, 4.69) is 21.1 Å². The van der Waals surface area contributed by atoms with Gasteiger partial charge < -0.3 is 10.1 Å². The van der Waals surface area contributed by atoms with E-state index in [9.17, 15) is 10.0 Å². The smallest absolute Gasteiger partial charge is 0.227 e. The van der Waals surface area contributed by atoms with Crippen LogP contribution in [0.15, 0.2) is 58.2 Å². The molecule has 1 aliphatic heterocycles. The van der Waals surface area contributed by atoms with Crippen LogP contribution in [-0.4, -0.2) is 23.4 Å². The van der Waals surface area contributed by atoms with Crippen LogP contribution in [-0.2, 0) is 4.79 Å². The molecule has 0 spiro atoms. The molecular weight excluding hydrogens is 344 g/mol. The molecule has 1 amide bonds. The molecule has 3 rings (SSSR count). The van der Waals surface area contributed by atoms with Gasteiger partial charge in [0.15, 0.2) is 0 Å². The maximum Gasteiger partial charge on any atom is 0.227 e. The first-order chi connectivity index (χ1) is 10.7. The van der Waals surface area contributed by atoms with Crippen LogP contribution in [0.5, 0.6) is 0 Å². The van der Waals surface area contributed by atoms with Gasteiger partial charge in [-0.05, 0) is 24.6 Å². The van der Waals surface area contributed by atoms with E-state index in [-0.39, 0.29) is 5.91 Å². The zero-order valence-corrected chi connectivity index (χ0v) is 13.5. The van der Waals surface area contributed by atoms with Crippen molar-refractivity contribution in [3.63, 3.8) is 0 Å². The second-order valence-corrected chi connectivity index (χ2v) is 6.04. The van der Waals surface area contributed by atoms with E-state index in [4.69, 9.17) is 0 Å². The first-order valence-electron chi connectivity index (χ1n) is 7.08. The highest BCUT2D eigenvalue weighted by molar-refractivity contribution is 9.10. The molecule has 0 unspecified atom stereocenters. The van der Waals surface area contributed by atoms with Gasteiger partial charge in [-0.2, -0.15) is 0 Å². The summed E-state index contributed by atoms with van der Waals surface area (Å²) in [5.74, 6) is 0.105. The number of carbonyl (C=O) groups excluding carboxylic acids is 1. The van der Waals surface area contributed by atoms with Gasteiger partial charge >= 0.3 is 0 Å². The Balaban J connectivity index is 2.13. The molecule has 4 nitrogen and oxygen atoms in total. The van der Waals surface area contributed by atoms with Crippen molar-refractivity contribution < 1.29 is 10.0 Å². The highest BCUT2D eigenvalue weighted by Gasteiger charge is 2.25. The van der Waals surface area contributed by atoms with E-state index in [0.29, 0.717) is 18.7 Å². The summed E-state index contributed by atoms with van der Waals surface area (Å²) in [6.07, 6.45) is 1.41. The molecule has 0 atom stereocenters. The van der Waals surface area contributed by atoms with E-state index in [1.165, 1.54) is 0 Å². The zero-order valence-electron chi connectivity index (χ0n) is 11.9. The maximum absolute atomic E-state index is 12.1. The van der Waals surface area contributed by atoms with Gasteiger partial charge in [-0.3, -0.25) is 4.79 Å². The Labute approximate surface area is 137 Å². The molecule has 1 fully saturated rings. The summed E-state index contributed by atoms with van der Waals surface area (Å²) < 4.78 is 0.870. The number of rotatable bonds is 3. The lowest BCUT2D eigenvalue weighted by molar-refractivity contribution is -0.117. The number of benzene rings is 2. The Hall–Kier alpha value is -2.14. The van der Waals surface area contributed by atoms with Crippen LogP contribution in [0.2, 0.25) is 0 Å². The zero-order chi connectivity index (χ0) is 15.5. The number of amides is 1. The lowest BCUT2D eigenvalue weighted by Crippen LogP contribution is -2.26. The van der Waals surface area contributed by atoms with Crippen LogP contribution >= 0.6 is 15.9 Å². The van der Waals surface area contributed by atoms with Gasteiger partial charge in [0, 0.05) is 28.6 Å². The summed E-state index contributed by atoms with van der Waals surface area (Å²) in [4.78, 5) is 13.8. The van der Waals surface area contributed by atoms with Crippen molar-refractivity contribution in [2.45, 2.75) is 12.8 Å². The third-order valence-corrected chi connectivity index (χ3v) is 4.22. The van der Waals surface area contributed by atoms with Crippen LogP contribution in [0.25, 0.3) is 0 Å². The summed E-state index contributed by atoms with van der Waals surface area (Å²) in [5, 5.41) is 13.0. The number of halogens is 1. The lowest BCUT2D eigenvalue weighted by Gasteiger charge is -2.20. The highest BCUT2D eigenvalue weighted by Crippen LogP contribution is 2.30. The van der Waals surface area contributed by atoms with E-state index >= 15 is 0 Å². The molecule has 112 valence electrons. The SMILES string of the molecule is O=C1CCCN1c1ccc(Br)cc1/C(=N/O)c1ccccc1. The lowest BCUT2D eigenvalue weighted by atomic mass is 10.00.